The number of hydrogen-bond acceptors (Lipinski definition) is 3. The van der Waals surface area contributed by atoms with E-state index in [-0.39, 0.29) is 17.9 Å². The Bertz CT molecular complexity index is 770. The van der Waals surface area contributed by atoms with Crippen LogP contribution in [0.25, 0.3) is 0 Å². The molecule has 2 aromatic rings. The summed E-state index contributed by atoms with van der Waals surface area (Å²) in [6.07, 6.45) is 1.53. The van der Waals surface area contributed by atoms with Crippen LogP contribution in [0, 0.1) is 19.7 Å². The van der Waals surface area contributed by atoms with Crippen molar-refractivity contribution in [2.24, 2.45) is 0 Å². The van der Waals surface area contributed by atoms with Gasteiger partial charge in [0.15, 0.2) is 5.75 Å². The Balaban J connectivity index is 2.45. The summed E-state index contributed by atoms with van der Waals surface area (Å²) in [5.41, 5.74) is 0.0413. The van der Waals surface area contributed by atoms with Gasteiger partial charge in [-0.15, -0.1) is 0 Å². The Hall–Kier alpha value is -1.66. The zero-order valence-electron chi connectivity index (χ0n) is 13.5. The fourth-order valence-electron chi connectivity index (χ4n) is 2.31. The molecule has 23 heavy (non-hydrogen) atoms. The van der Waals surface area contributed by atoms with Crippen LogP contribution in [0.2, 0.25) is 0 Å². The van der Waals surface area contributed by atoms with Gasteiger partial charge in [-0.2, -0.15) is 0 Å². The largest absolute Gasteiger partial charge is 0.454 e. The van der Waals surface area contributed by atoms with Gasteiger partial charge in [0, 0.05) is 6.07 Å². The van der Waals surface area contributed by atoms with E-state index in [9.17, 15) is 14.3 Å². The molecule has 0 unspecified atom stereocenters. The van der Waals surface area contributed by atoms with Crippen LogP contribution in [0.1, 0.15) is 25.0 Å². The average Bonchev–Trinajstić information content (AvgIpc) is 2.37. The van der Waals surface area contributed by atoms with Crippen molar-refractivity contribution in [3.05, 3.63) is 56.2 Å². The summed E-state index contributed by atoms with van der Waals surface area (Å²) in [6.45, 7) is 6.89. The van der Waals surface area contributed by atoms with E-state index >= 15 is 0 Å². The summed E-state index contributed by atoms with van der Waals surface area (Å²) in [4.78, 5) is 12.0. The molecule has 0 aliphatic carbocycles. The summed E-state index contributed by atoms with van der Waals surface area (Å²) >= 11 is 3.31. The van der Waals surface area contributed by atoms with E-state index in [4.69, 9.17) is 4.74 Å². The minimum atomic E-state index is -1.03. The standard InChI is InChI=1S/C17H19BrFNO3/c1-10-5-12(19)6-11(2)16(10)23-14-8-20(9-17(3,4)22)15(21)7-13(14)18/h5-8,22H,9H2,1-4H3. The highest BCUT2D eigenvalue weighted by Crippen LogP contribution is 2.33. The molecule has 6 heteroatoms. The van der Waals surface area contributed by atoms with E-state index in [2.05, 4.69) is 15.9 Å². The van der Waals surface area contributed by atoms with Crippen molar-refractivity contribution < 1.29 is 14.2 Å². The predicted molar refractivity (Wildman–Crippen MR) is 90.6 cm³/mol. The molecule has 0 aliphatic rings. The zero-order chi connectivity index (χ0) is 17.4. The Kier molecular flexibility index (Phi) is 4.96. The molecular weight excluding hydrogens is 365 g/mol. The Morgan fingerprint density at radius 1 is 1.26 bits per heavy atom. The van der Waals surface area contributed by atoms with Crippen molar-refractivity contribution in [1.82, 2.24) is 4.57 Å². The maximum atomic E-state index is 13.4. The number of halogens is 2. The summed E-state index contributed by atoms with van der Waals surface area (Å²) in [6, 6.07) is 4.17. The highest BCUT2D eigenvalue weighted by atomic mass is 79.9. The number of hydrogen-bond donors (Lipinski definition) is 1. The highest BCUT2D eigenvalue weighted by molar-refractivity contribution is 9.10. The molecule has 1 N–H and O–H groups in total. The molecular formula is C17H19BrFNO3. The zero-order valence-corrected chi connectivity index (χ0v) is 15.1. The van der Waals surface area contributed by atoms with Gasteiger partial charge in [0.2, 0.25) is 0 Å². The molecule has 124 valence electrons. The third-order valence-electron chi connectivity index (χ3n) is 3.24. The van der Waals surface area contributed by atoms with Crippen molar-refractivity contribution in [3.8, 4) is 11.5 Å². The van der Waals surface area contributed by atoms with Crippen molar-refractivity contribution in [1.29, 1.82) is 0 Å². The Labute approximate surface area is 142 Å². The Morgan fingerprint density at radius 2 is 1.83 bits per heavy atom. The van der Waals surface area contributed by atoms with Gasteiger partial charge in [-0.1, -0.05) is 0 Å². The molecule has 1 heterocycles. The smallest absolute Gasteiger partial charge is 0.252 e. The van der Waals surface area contributed by atoms with Gasteiger partial charge < -0.3 is 14.4 Å². The molecule has 0 saturated carbocycles. The minimum absolute atomic E-state index is 0.136. The molecule has 0 saturated heterocycles. The molecule has 2 rings (SSSR count). The van der Waals surface area contributed by atoms with Gasteiger partial charge in [-0.3, -0.25) is 4.79 Å². The molecule has 1 aromatic carbocycles. The second-order valence-electron chi connectivity index (χ2n) is 6.23. The van der Waals surface area contributed by atoms with Crippen molar-refractivity contribution in [2.75, 3.05) is 0 Å². The minimum Gasteiger partial charge on any atom is -0.454 e. The third-order valence-corrected chi connectivity index (χ3v) is 3.86. The first-order chi connectivity index (χ1) is 10.6. The van der Waals surface area contributed by atoms with Crippen molar-refractivity contribution in [3.63, 3.8) is 0 Å². The van der Waals surface area contributed by atoms with Crippen molar-refractivity contribution >= 4 is 15.9 Å². The van der Waals surface area contributed by atoms with E-state index in [0.29, 0.717) is 27.1 Å². The number of rotatable bonds is 4. The van der Waals surface area contributed by atoms with Gasteiger partial charge in [0.05, 0.1) is 22.8 Å². The van der Waals surface area contributed by atoms with Crippen LogP contribution in [-0.4, -0.2) is 15.3 Å². The number of aliphatic hydroxyl groups is 1. The normalized spacial score (nSPS) is 11.6. The predicted octanol–water partition coefficient (Wildman–Crippen LogP) is 3.93. The highest BCUT2D eigenvalue weighted by Gasteiger charge is 2.17. The number of pyridine rings is 1. The fourth-order valence-corrected chi connectivity index (χ4v) is 2.69. The maximum Gasteiger partial charge on any atom is 0.252 e. The summed E-state index contributed by atoms with van der Waals surface area (Å²) in [5.74, 6) is 0.644. The Morgan fingerprint density at radius 3 is 2.35 bits per heavy atom. The lowest BCUT2D eigenvalue weighted by molar-refractivity contribution is 0.0603. The lowest BCUT2D eigenvalue weighted by Crippen LogP contribution is -2.32. The molecule has 0 aliphatic heterocycles. The van der Waals surface area contributed by atoms with Crippen LogP contribution in [-0.2, 0) is 6.54 Å². The number of benzene rings is 1. The molecule has 0 bridgehead atoms. The number of aromatic nitrogens is 1. The number of ether oxygens (including phenoxy) is 1. The van der Waals surface area contributed by atoms with E-state index in [1.807, 2.05) is 0 Å². The van der Waals surface area contributed by atoms with Gasteiger partial charge in [0.1, 0.15) is 11.6 Å². The molecule has 0 spiro atoms. The average molecular weight is 384 g/mol. The van der Waals surface area contributed by atoms with Gasteiger partial charge in [0.25, 0.3) is 5.56 Å². The topological polar surface area (TPSA) is 51.5 Å². The van der Waals surface area contributed by atoms with Crippen LogP contribution < -0.4 is 10.3 Å². The van der Waals surface area contributed by atoms with Crippen LogP contribution in [0.5, 0.6) is 11.5 Å². The molecule has 0 amide bonds. The lowest BCUT2D eigenvalue weighted by Gasteiger charge is -2.20. The maximum absolute atomic E-state index is 13.4. The quantitative estimate of drug-likeness (QED) is 0.869. The molecule has 0 fully saturated rings. The van der Waals surface area contributed by atoms with Crippen LogP contribution >= 0.6 is 15.9 Å². The van der Waals surface area contributed by atoms with E-state index in [0.717, 1.165) is 0 Å². The fraction of sp³-hybridized carbons (Fsp3) is 0.353. The number of aryl methyl sites for hydroxylation is 2. The number of nitrogens with zero attached hydrogens (tertiary/aromatic N) is 1. The molecule has 0 radical (unpaired) electrons. The lowest BCUT2D eigenvalue weighted by atomic mass is 10.1. The summed E-state index contributed by atoms with van der Waals surface area (Å²) in [5, 5.41) is 9.91. The van der Waals surface area contributed by atoms with Gasteiger partial charge in [-0.25, -0.2) is 4.39 Å². The summed E-state index contributed by atoms with van der Waals surface area (Å²) < 4.78 is 21.2. The SMILES string of the molecule is Cc1cc(F)cc(C)c1Oc1cn(CC(C)(C)O)c(=O)cc1Br. The second kappa shape index (κ2) is 6.45. The van der Waals surface area contributed by atoms with Gasteiger partial charge in [-0.05, 0) is 66.9 Å². The first-order valence-electron chi connectivity index (χ1n) is 7.14. The van der Waals surface area contributed by atoms with Crippen LogP contribution in [0.15, 0.2) is 33.7 Å². The molecule has 4 nitrogen and oxygen atoms in total. The monoisotopic (exact) mass is 383 g/mol. The van der Waals surface area contributed by atoms with E-state index in [1.165, 1.54) is 29.0 Å². The van der Waals surface area contributed by atoms with E-state index < -0.39 is 5.60 Å². The van der Waals surface area contributed by atoms with E-state index in [1.54, 1.807) is 27.7 Å². The summed E-state index contributed by atoms with van der Waals surface area (Å²) in [7, 11) is 0. The van der Waals surface area contributed by atoms with Crippen molar-refractivity contribution in [2.45, 2.75) is 39.8 Å². The molecule has 0 atom stereocenters. The first kappa shape index (κ1) is 17.7. The van der Waals surface area contributed by atoms with Crippen LogP contribution in [0.4, 0.5) is 4.39 Å². The van der Waals surface area contributed by atoms with Crippen LogP contribution in [0.3, 0.4) is 0 Å². The molecule has 1 aromatic heterocycles. The third kappa shape index (κ3) is 4.42. The first-order valence-corrected chi connectivity index (χ1v) is 7.93. The second-order valence-corrected chi connectivity index (χ2v) is 7.09. The van der Waals surface area contributed by atoms with Gasteiger partial charge >= 0.3 is 0 Å².